The first-order chi connectivity index (χ1) is 9.70. The number of hydrogen-bond donors (Lipinski definition) is 0. The Hall–Kier alpha value is -1.92. The van der Waals surface area contributed by atoms with E-state index in [0.717, 1.165) is 0 Å². The van der Waals surface area contributed by atoms with E-state index >= 15 is 0 Å². The third-order valence-corrected chi connectivity index (χ3v) is 3.38. The van der Waals surface area contributed by atoms with Crippen LogP contribution in [0.1, 0.15) is 17.3 Å². The van der Waals surface area contributed by atoms with Gasteiger partial charge in [-0.25, -0.2) is 4.79 Å². The highest BCUT2D eigenvalue weighted by molar-refractivity contribution is 6.01. The van der Waals surface area contributed by atoms with E-state index in [1.165, 1.54) is 4.57 Å². The molecule has 0 aliphatic carbocycles. The van der Waals surface area contributed by atoms with Gasteiger partial charge in [-0.1, -0.05) is 0 Å². The Morgan fingerprint density at radius 1 is 1.40 bits per heavy atom. The molecule has 6 heteroatoms. The van der Waals surface area contributed by atoms with Crippen molar-refractivity contribution in [3.05, 3.63) is 34.3 Å². The number of nitrogens with zero attached hydrogens (tertiary/aromatic N) is 1. The molecule has 0 radical (unpaired) electrons. The molecule has 20 heavy (non-hydrogen) atoms. The van der Waals surface area contributed by atoms with Crippen LogP contribution in [0.25, 0.3) is 11.1 Å². The van der Waals surface area contributed by atoms with Crippen molar-refractivity contribution in [1.82, 2.24) is 4.57 Å². The molecule has 1 unspecified atom stereocenters. The molecule has 3 rings (SSSR count). The van der Waals surface area contributed by atoms with Crippen LogP contribution in [0, 0.1) is 0 Å². The van der Waals surface area contributed by atoms with Gasteiger partial charge in [-0.15, -0.1) is 0 Å². The summed E-state index contributed by atoms with van der Waals surface area (Å²) in [6.45, 7) is 3.58. The Morgan fingerprint density at radius 2 is 2.25 bits per heavy atom. The Morgan fingerprint density at radius 3 is 2.95 bits per heavy atom. The van der Waals surface area contributed by atoms with Crippen LogP contribution in [0.15, 0.2) is 27.4 Å². The molecule has 1 atom stereocenters. The normalized spacial score (nSPS) is 19.4. The van der Waals surface area contributed by atoms with Gasteiger partial charge < -0.3 is 13.9 Å². The van der Waals surface area contributed by atoms with E-state index in [0.29, 0.717) is 36.4 Å². The van der Waals surface area contributed by atoms with Crippen molar-refractivity contribution in [3.8, 4) is 0 Å². The lowest BCUT2D eigenvalue weighted by atomic mass is 10.1. The molecule has 1 aromatic heterocycles. The van der Waals surface area contributed by atoms with E-state index in [2.05, 4.69) is 0 Å². The van der Waals surface area contributed by atoms with Gasteiger partial charge >= 0.3 is 5.76 Å². The highest BCUT2D eigenvalue weighted by atomic mass is 16.6. The molecule has 1 fully saturated rings. The molecule has 0 spiro atoms. The number of aryl methyl sites for hydroxylation is 1. The van der Waals surface area contributed by atoms with E-state index < -0.39 is 11.9 Å². The molecule has 0 N–H and O–H groups in total. The second-order valence-corrected chi connectivity index (χ2v) is 4.59. The van der Waals surface area contributed by atoms with E-state index in [1.807, 2.05) is 6.92 Å². The van der Waals surface area contributed by atoms with Crippen molar-refractivity contribution in [2.75, 3.05) is 19.8 Å². The molecule has 1 aromatic carbocycles. The number of carbonyl (C=O) groups is 1. The molecule has 0 amide bonds. The number of ether oxygens (including phenoxy) is 2. The summed E-state index contributed by atoms with van der Waals surface area (Å²) in [7, 11) is 0. The summed E-state index contributed by atoms with van der Waals surface area (Å²) >= 11 is 0. The molecule has 1 aliphatic heterocycles. The molecule has 0 bridgehead atoms. The van der Waals surface area contributed by atoms with Crippen molar-refractivity contribution < 1.29 is 18.7 Å². The van der Waals surface area contributed by atoms with Crippen LogP contribution in [0.3, 0.4) is 0 Å². The highest BCUT2D eigenvalue weighted by Gasteiger charge is 2.24. The van der Waals surface area contributed by atoms with Crippen molar-refractivity contribution in [1.29, 1.82) is 0 Å². The van der Waals surface area contributed by atoms with E-state index in [4.69, 9.17) is 13.9 Å². The number of carbonyl (C=O) groups excluding carboxylic acids is 1. The fourth-order valence-electron chi connectivity index (χ4n) is 2.34. The smallest absolute Gasteiger partial charge is 0.408 e. The first-order valence-corrected chi connectivity index (χ1v) is 6.57. The second kappa shape index (κ2) is 5.22. The van der Waals surface area contributed by atoms with Crippen LogP contribution in [0.2, 0.25) is 0 Å². The zero-order valence-electron chi connectivity index (χ0n) is 11.1. The zero-order valence-corrected chi connectivity index (χ0v) is 11.1. The second-order valence-electron chi connectivity index (χ2n) is 4.59. The molecule has 2 aromatic rings. The van der Waals surface area contributed by atoms with Gasteiger partial charge in [-0.2, -0.15) is 0 Å². The predicted octanol–water partition coefficient (Wildman–Crippen LogP) is 1.21. The lowest BCUT2D eigenvalue weighted by molar-refractivity contribution is -0.0719. The van der Waals surface area contributed by atoms with Gasteiger partial charge in [-0.3, -0.25) is 9.36 Å². The maximum absolute atomic E-state index is 12.3. The Balaban J connectivity index is 1.96. The molecule has 6 nitrogen and oxygen atoms in total. The summed E-state index contributed by atoms with van der Waals surface area (Å²) in [4.78, 5) is 23.9. The number of rotatable bonds is 3. The summed E-state index contributed by atoms with van der Waals surface area (Å²) in [6, 6.07) is 4.99. The SMILES string of the molecule is CCn1c(=O)oc2cc(C(=O)C3COCCO3)ccc21. The van der Waals surface area contributed by atoms with Gasteiger partial charge in [0.05, 0.1) is 25.3 Å². The Bertz CT molecular complexity index is 693. The maximum atomic E-state index is 12.3. The third-order valence-electron chi connectivity index (χ3n) is 3.38. The Labute approximate surface area is 114 Å². The minimum atomic E-state index is -0.582. The van der Waals surface area contributed by atoms with Gasteiger partial charge in [0.15, 0.2) is 11.4 Å². The third kappa shape index (κ3) is 2.17. The summed E-state index contributed by atoms with van der Waals surface area (Å²) in [5, 5.41) is 0. The summed E-state index contributed by atoms with van der Waals surface area (Å²) in [5.74, 6) is -0.567. The van der Waals surface area contributed by atoms with Crippen LogP contribution in [-0.4, -0.2) is 36.3 Å². The lowest BCUT2D eigenvalue weighted by Crippen LogP contribution is -2.35. The molecular formula is C14H15NO5. The van der Waals surface area contributed by atoms with Crippen LogP contribution in [0.5, 0.6) is 0 Å². The van der Waals surface area contributed by atoms with E-state index in [1.54, 1.807) is 18.2 Å². The maximum Gasteiger partial charge on any atom is 0.419 e. The number of benzene rings is 1. The average Bonchev–Trinajstić information content (AvgIpc) is 2.81. The first-order valence-electron chi connectivity index (χ1n) is 6.57. The van der Waals surface area contributed by atoms with Gasteiger partial charge in [-0.05, 0) is 25.1 Å². The van der Waals surface area contributed by atoms with Crippen LogP contribution < -0.4 is 5.76 Å². The highest BCUT2D eigenvalue weighted by Crippen LogP contribution is 2.18. The molecular weight excluding hydrogens is 262 g/mol. The molecule has 106 valence electrons. The fourth-order valence-corrected chi connectivity index (χ4v) is 2.34. The molecule has 2 heterocycles. The van der Waals surface area contributed by atoms with Gasteiger partial charge in [0.2, 0.25) is 0 Å². The number of aromatic nitrogens is 1. The number of oxazole rings is 1. The van der Waals surface area contributed by atoms with Crippen molar-refractivity contribution in [2.24, 2.45) is 0 Å². The largest absolute Gasteiger partial charge is 0.419 e. The van der Waals surface area contributed by atoms with Crippen LogP contribution in [0.4, 0.5) is 0 Å². The minimum absolute atomic E-state index is 0.154. The van der Waals surface area contributed by atoms with Crippen molar-refractivity contribution in [3.63, 3.8) is 0 Å². The Kier molecular flexibility index (Phi) is 3.42. The number of Topliss-reactive ketones (excluding diaryl/α,β-unsaturated/α-hetero) is 1. The summed E-state index contributed by atoms with van der Waals surface area (Å²) in [6.07, 6.45) is -0.582. The summed E-state index contributed by atoms with van der Waals surface area (Å²) < 4.78 is 17.3. The van der Waals surface area contributed by atoms with E-state index in [9.17, 15) is 9.59 Å². The molecule has 0 saturated carbocycles. The topological polar surface area (TPSA) is 70.7 Å². The van der Waals surface area contributed by atoms with Crippen LogP contribution in [-0.2, 0) is 16.0 Å². The standard InChI is InChI=1S/C14H15NO5/c1-2-15-10-4-3-9(7-11(10)20-14(15)17)13(16)12-8-18-5-6-19-12/h3-4,7,12H,2,5-6,8H2,1H3. The number of hydrogen-bond acceptors (Lipinski definition) is 5. The zero-order chi connectivity index (χ0) is 14.1. The minimum Gasteiger partial charge on any atom is -0.408 e. The molecule has 1 saturated heterocycles. The van der Waals surface area contributed by atoms with Gasteiger partial charge in [0, 0.05) is 12.1 Å². The fraction of sp³-hybridized carbons (Fsp3) is 0.429. The van der Waals surface area contributed by atoms with Gasteiger partial charge in [0.1, 0.15) is 6.10 Å². The van der Waals surface area contributed by atoms with Crippen LogP contribution >= 0.6 is 0 Å². The average molecular weight is 277 g/mol. The first kappa shape index (κ1) is 13.1. The van der Waals surface area contributed by atoms with Crippen molar-refractivity contribution >= 4 is 16.9 Å². The van der Waals surface area contributed by atoms with E-state index in [-0.39, 0.29) is 12.4 Å². The molecule has 1 aliphatic rings. The summed E-state index contributed by atoms with van der Waals surface area (Å²) in [5.41, 5.74) is 1.57. The predicted molar refractivity (Wildman–Crippen MR) is 71.0 cm³/mol. The van der Waals surface area contributed by atoms with Gasteiger partial charge in [0.25, 0.3) is 0 Å². The lowest BCUT2D eigenvalue weighted by Gasteiger charge is -2.21. The monoisotopic (exact) mass is 277 g/mol. The number of ketones is 1. The quantitative estimate of drug-likeness (QED) is 0.789. The number of fused-ring (bicyclic) bond motifs is 1. The van der Waals surface area contributed by atoms with Crippen molar-refractivity contribution in [2.45, 2.75) is 19.6 Å².